The molecule has 0 aromatic heterocycles. The molecule has 0 aliphatic carbocycles. The van der Waals surface area contributed by atoms with Crippen molar-refractivity contribution in [3.63, 3.8) is 0 Å². The van der Waals surface area contributed by atoms with E-state index in [9.17, 15) is 0 Å². The normalized spacial score (nSPS) is 32.8. The number of morpholine rings is 1. The summed E-state index contributed by atoms with van der Waals surface area (Å²) in [4.78, 5) is 2.42. The topological polar surface area (TPSA) is 47.7 Å². The summed E-state index contributed by atoms with van der Waals surface area (Å²) < 4.78 is 11.1. The molecule has 0 aromatic rings. The lowest BCUT2D eigenvalue weighted by Gasteiger charge is -2.39. The van der Waals surface area contributed by atoms with Crippen LogP contribution in [0.1, 0.15) is 20.3 Å². The van der Waals surface area contributed by atoms with Crippen molar-refractivity contribution in [2.75, 3.05) is 39.5 Å². The number of rotatable bonds is 3. The van der Waals surface area contributed by atoms with E-state index in [2.05, 4.69) is 18.7 Å². The van der Waals surface area contributed by atoms with Crippen LogP contribution >= 0.6 is 0 Å². The summed E-state index contributed by atoms with van der Waals surface area (Å²) in [7, 11) is 0. The van der Waals surface area contributed by atoms with Crippen LogP contribution < -0.4 is 5.73 Å². The van der Waals surface area contributed by atoms with Crippen LogP contribution in [0.15, 0.2) is 0 Å². The van der Waals surface area contributed by atoms with Crippen molar-refractivity contribution >= 4 is 0 Å². The lowest BCUT2D eigenvalue weighted by atomic mass is 9.98. The Hall–Kier alpha value is -0.160. The van der Waals surface area contributed by atoms with Crippen LogP contribution in [0.2, 0.25) is 0 Å². The second-order valence-corrected chi connectivity index (χ2v) is 5.63. The quantitative estimate of drug-likeness (QED) is 0.762. The predicted molar refractivity (Wildman–Crippen MR) is 63.4 cm³/mol. The summed E-state index contributed by atoms with van der Waals surface area (Å²) >= 11 is 0. The fraction of sp³-hybridized carbons (Fsp3) is 1.00. The minimum absolute atomic E-state index is 0.0237. The van der Waals surface area contributed by atoms with Crippen molar-refractivity contribution in [2.45, 2.75) is 31.9 Å². The highest BCUT2D eigenvalue weighted by Crippen LogP contribution is 2.20. The average Bonchev–Trinajstić information content (AvgIpc) is 2.68. The molecule has 4 heteroatoms. The van der Waals surface area contributed by atoms with Crippen molar-refractivity contribution in [1.82, 2.24) is 4.90 Å². The molecule has 0 saturated carbocycles. The Bertz CT molecular complexity index is 227. The third-order valence-corrected chi connectivity index (χ3v) is 3.54. The minimum Gasteiger partial charge on any atom is -0.381 e. The maximum absolute atomic E-state index is 6.24. The van der Waals surface area contributed by atoms with E-state index >= 15 is 0 Å². The first kappa shape index (κ1) is 12.3. The van der Waals surface area contributed by atoms with Crippen LogP contribution in [0.4, 0.5) is 0 Å². The molecule has 94 valence electrons. The molecule has 2 aliphatic rings. The third kappa shape index (κ3) is 3.17. The van der Waals surface area contributed by atoms with E-state index in [0.717, 1.165) is 45.9 Å². The van der Waals surface area contributed by atoms with Gasteiger partial charge in [-0.1, -0.05) is 0 Å². The summed E-state index contributed by atoms with van der Waals surface area (Å²) in [6, 6.07) is 0.247. The van der Waals surface area contributed by atoms with Gasteiger partial charge in [-0.2, -0.15) is 0 Å². The fourth-order valence-corrected chi connectivity index (χ4v) is 2.61. The monoisotopic (exact) mass is 228 g/mol. The van der Waals surface area contributed by atoms with Gasteiger partial charge in [0.25, 0.3) is 0 Å². The summed E-state index contributed by atoms with van der Waals surface area (Å²) in [5.74, 6) is 0.547. The molecule has 2 aliphatic heterocycles. The lowest BCUT2D eigenvalue weighted by Crippen LogP contribution is -2.52. The maximum atomic E-state index is 6.24. The summed E-state index contributed by atoms with van der Waals surface area (Å²) in [6.07, 6.45) is 1.12. The predicted octanol–water partition coefficient (Wildman–Crippen LogP) is 0.461. The van der Waals surface area contributed by atoms with Gasteiger partial charge in [0.05, 0.1) is 18.8 Å². The van der Waals surface area contributed by atoms with E-state index in [1.54, 1.807) is 0 Å². The first-order valence-corrected chi connectivity index (χ1v) is 6.26. The Balaban J connectivity index is 1.79. The summed E-state index contributed by atoms with van der Waals surface area (Å²) in [5.41, 5.74) is 6.21. The van der Waals surface area contributed by atoms with E-state index in [4.69, 9.17) is 15.2 Å². The highest BCUT2D eigenvalue weighted by molar-refractivity contribution is 4.84. The average molecular weight is 228 g/mol. The molecule has 2 fully saturated rings. The summed E-state index contributed by atoms with van der Waals surface area (Å²) in [5, 5.41) is 0. The Labute approximate surface area is 98.1 Å². The molecular formula is C12H24N2O2. The van der Waals surface area contributed by atoms with Gasteiger partial charge in [0, 0.05) is 38.2 Å². The van der Waals surface area contributed by atoms with Crippen LogP contribution in [0.25, 0.3) is 0 Å². The maximum Gasteiger partial charge on any atom is 0.0753 e. The van der Waals surface area contributed by atoms with E-state index < -0.39 is 0 Å². The molecule has 0 radical (unpaired) electrons. The fourth-order valence-electron chi connectivity index (χ4n) is 2.61. The zero-order chi connectivity index (χ0) is 11.6. The van der Waals surface area contributed by atoms with Gasteiger partial charge < -0.3 is 15.2 Å². The largest absolute Gasteiger partial charge is 0.381 e. The first-order valence-electron chi connectivity index (χ1n) is 6.26. The van der Waals surface area contributed by atoms with Crippen molar-refractivity contribution in [3.05, 3.63) is 0 Å². The molecule has 0 amide bonds. The Morgan fingerprint density at radius 2 is 2.25 bits per heavy atom. The van der Waals surface area contributed by atoms with E-state index in [0.29, 0.717) is 5.92 Å². The van der Waals surface area contributed by atoms with Gasteiger partial charge in [0.1, 0.15) is 0 Å². The van der Waals surface area contributed by atoms with Gasteiger partial charge in [-0.15, -0.1) is 0 Å². The Morgan fingerprint density at radius 1 is 1.44 bits per heavy atom. The molecule has 0 spiro atoms. The van der Waals surface area contributed by atoms with Crippen LogP contribution in [-0.4, -0.2) is 56.0 Å². The van der Waals surface area contributed by atoms with E-state index in [1.807, 2.05) is 0 Å². The van der Waals surface area contributed by atoms with Gasteiger partial charge >= 0.3 is 0 Å². The third-order valence-electron chi connectivity index (χ3n) is 3.54. The highest BCUT2D eigenvalue weighted by Gasteiger charge is 2.30. The van der Waals surface area contributed by atoms with Gasteiger partial charge in [0.15, 0.2) is 0 Å². The zero-order valence-corrected chi connectivity index (χ0v) is 10.4. The molecule has 2 heterocycles. The molecule has 2 atom stereocenters. The molecule has 2 N–H and O–H groups in total. The number of nitrogens with two attached hydrogens (primary N) is 1. The van der Waals surface area contributed by atoms with Crippen LogP contribution in [0.3, 0.4) is 0 Å². The van der Waals surface area contributed by atoms with Gasteiger partial charge in [0.2, 0.25) is 0 Å². The Morgan fingerprint density at radius 3 is 2.88 bits per heavy atom. The first-order chi connectivity index (χ1) is 7.57. The van der Waals surface area contributed by atoms with Gasteiger partial charge in [-0.25, -0.2) is 0 Å². The van der Waals surface area contributed by atoms with Crippen molar-refractivity contribution in [3.8, 4) is 0 Å². The highest BCUT2D eigenvalue weighted by atomic mass is 16.5. The standard InChI is InChI=1S/C12H24N2O2/c1-12(2)9-14(4-6-16-12)7-11(13)10-3-5-15-8-10/h10-11H,3-9,13H2,1-2H3. The molecule has 2 rings (SSSR count). The summed E-state index contributed by atoms with van der Waals surface area (Å²) in [6.45, 7) is 9.79. The SMILES string of the molecule is CC1(C)CN(CC(N)C2CCOC2)CCO1. The van der Waals surface area contributed by atoms with Crippen LogP contribution in [-0.2, 0) is 9.47 Å². The van der Waals surface area contributed by atoms with E-state index in [1.165, 1.54) is 0 Å². The van der Waals surface area contributed by atoms with E-state index in [-0.39, 0.29) is 11.6 Å². The molecule has 0 bridgehead atoms. The van der Waals surface area contributed by atoms with Crippen molar-refractivity contribution in [2.24, 2.45) is 11.7 Å². The second-order valence-electron chi connectivity index (χ2n) is 5.63. The number of hydrogen-bond donors (Lipinski definition) is 1. The lowest BCUT2D eigenvalue weighted by molar-refractivity contribution is -0.0878. The zero-order valence-electron chi connectivity index (χ0n) is 10.4. The number of hydrogen-bond acceptors (Lipinski definition) is 4. The molecule has 16 heavy (non-hydrogen) atoms. The van der Waals surface area contributed by atoms with Crippen LogP contribution in [0.5, 0.6) is 0 Å². The second kappa shape index (κ2) is 5.00. The van der Waals surface area contributed by atoms with Crippen molar-refractivity contribution in [1.29, 1.82) is 0 Å². The molecule has 4 nitrogen and oxygen atoms in total. The molecular weight excluding hydrogens is 204 g/mol. The molecule has 2 saturated heterocycles. The van der Waals surface area contributed by atoms with Gasteiger partial charge in [-0.3, -0.25) is 4.90 Å². The van der Waals surface area contributed by atoms with Crippen LogP contribution in [0, 0.1) is 5.92 Å². The minimum atomic E-state index is -0.0237. The molecule has 0 aromatic carbocycles. The number of ether oxygens (including phenoxy) is 2. The Kier molecular flexibility index (Phi) is 3.85. The molecule has 2 unspecified atom stereocenters. The smallest absolute Gasteiger partial charge is 0.0753 e. The van der Waals surface area contributed by atoms with Gasteiger partial charge in [-0.05, 0) is 20.3 Å². The van der Waals surface area contributed by atoms with Crippen molar-refractivity contribution < 1.29 is 9.47 Å². The number of nitrogens with zero attached hydrogens (tertiary/aromatic N) is 1.